The molecule has 0 unspecified atom stereocenters. The van der Waals surface area contributed by atoms with Crippen molar-refractivity contribution in [3.05, 3.63) is 0 Å². The summed E-state index contributed by atoms with van der Waals surface area (Å²) in [4.78, 5) is 18.2. The molecule has 0 aliphatic rings. The lowest BCUT2D eigenvalue weighted by molar-refractivity contribution is -0.123. The first-order chi connectivity index (χ1) is 4.59. The van der Waals surface area contributed by atoms with Crippen LogP contribution in [-0.4, -0.2) is 35.2 Å². The summed E-state index contributed by atoms with van der Waals surface area (Å²) in [7, 11) is 0. The zero-order valence-electron chi connectivity index (χ0n) is 5.23. The Morgan fingerprint density at radius 3 is 2.00 bits per heavy atom. The first-order valence-electron chi connectivity index (χ1n) is 2.33. The Hall–Kier alpha value is -1.14. The van der Waals surface area contributed by atoms with Gasteiger partial charge in [-0.25, -0.2) is 0 Å². The van der Waals surface area contributed by atoms with Gasteiger partial charge in [-0.15, -0.1) is 0 Å². The Balaban J connectivity index is 0. The quantitative estimate of drug-likeness (QED) is 0.323. The van der Waals surface area contributed by atoms with Crippen LogP contribution in [0.5, 0.6) is 0 Å². The number of hydrogen-bond acceptors (Lipinski definition) is 4. The topological polar surface area (TPSA) is 127 Å². The summed E-state index contributed by atoms with van der Waals surface area (Å²) in [6.07, 6.45) is 0. The number of carbonyl (C=O) groups is 2. The number of aliphatic hydroxyl groups excluding tert-OH is 1. The Morgan fingerprint density at radius 2 is 2.00 bits per heavy atom. The predicted octanol–water partition coefficient (Wildman–Crippen LogP) is -2.51. The van der Waals surface area contributed by atoms with Gasteiger partial charge >= 0.3 is 0 Å². The Kier molecular flexibility index (Phi) is 9.14. The van der Waals surface area contributed by atoms with E-state index in [-0.39, 0.29) is 13.1 Å². The average molecular weight is 150 g/mol. The van der Waals surface area contributed by atoms with Crippen molar-refractivity contribution in [2.24, 2.45) is 11.5 Å². The first-order valence-corrected chi connectivity index (χ1v) is 2.33. The maximum atomic E-state index is 9.87. The maximum absolute atomic E-state index is 9.87. The van der Waals surface area contributed by atoms with Crippen LogP contribution in [-0.2, 0) is 9.59 Å². The molecule has 1 amide bonds. The maximum Gasteiger partial charge on any atom is 0.290 e. The van der Waals surface area contributed by atoms with Crippen LogP contribution < -0.4 is 11.5 Å². The van der Waals surface area contributed by atoms with Crippen molar-refractivity contribution in [3.63, 3.8) is 0 Å². The van der Waals surface area contributed by atoms with Crippen LogP contribution in [0.1, 0.15) is 0 Å². The molecular weight excluding hydrogens is 140 g/mol. The summed E-state index contributed by atoms with van der Waals surface area (Å²) in [5, 5.41) is 15.0. The number of carbonyl (C=O) groups excluding carboxylic acids is 1. The number of nitrogens with two attached hydrogens (primary N) is 2. The van der Waals surface area contributed by atoms with Crippen molar-refractivity contribution in [1.29, 1.82) is 0 Å². The summed E-state index contributed by atoms with van der Waals surface area (Å²) >= 11 is 0. The number of primary amides is 1. The second kappa shape index (κ2) is 7.86. The Morgan fingerprint density at radius 1 is 1.70 bits per heavy atom. The number of amides is 1. The number of rotatable bonds is 2. The van der Waals surface area contributed by atoms with E-state index in [1.807, 2.05) is 0 Å². The molecule has 0 aliphatic heterocycles. The number of hydrogen-bond donors (Lipinski definition) is 4. The number of aliphatic hydroxyl groups is 1. The van der Waals surface area contributed by atoms with Crippen LogP contribution in [0.25, 0.3) is 0 Å². The van der Waals surface area contributed by atoms with Gasteiger partial charge < -0.3 is 21.7 Å². The van der Waals surface area contributed by atoms with Gasteiger partial charge in [0, 0.05) is 0 Å². The second-order valence-corrected chi connectivity index (χ2v) is 1.30. The molecule has 6 heteroatoms. The molecule has 6 nitrogen and oxygen atoms in total. The summed E-state index contributed by atoms with van der Waals surface area (Å²) in [6, 6.07) is -0.903. The third-order valence-corrected chi connectivity index (χ3v) is 0.562. The van der Waals surface area contributed by atoms with Crippen LogP contribution in [0.4, 0.5) is 0 Å². The molecule has 6 N–H and O–H groups in total. The molecule has 0 heterocycles. The van der Waals surface area contributed by atoms with Gasteiger partial charge in [-0.3, -0.25) is 9.59 Å². The molecular formula is C4H10N2O4. The standard InChI is InChI=1S/C3H8N2O2.CH2O2/c4-2(1-6)3(5)7;2-1-3/h2,6H,1,4H2,(H2,5,7);1H,(H,2,3)/t2-;/m0./s1. The minimum Gasteiger partial charge on any atom is -0.483 e. The summed E-state index contributed by atoms with van der Waals surface area (Å²) in [5.74, 6) is -0.678. The van der Waals surface area contributed by atoms with E-state index < -0.39 is 11.9 Å². The lowest BCUT2D eigenvalue weighted by Crippen LogP contribution is -2.39. The highest BCUT2D eigenvalue weighted by molar-refractivity contribution is 5.79. The molecule has 0 aromatic carbocycles. The van der Waals surface area contributed by atoms with E-state index in [0.29, 0.717) is 0 Å². The second-order valence-electron chi connectivity index (χ2n) is 1.30. The molecule has 0 rings (SSSR count). The van der Waals surface area contributed by atoms with Crippen molar-refractivity contribution in [2.45, 2.75) is 6.04 Å². The average Bonchev–Trinajstić information content (AvgIpc) is 1.88. The van der Waals surface area contributed by atoms with Gasteiger partial charge in [0.25, 0.3) is 6.47 Å². The molecule has 0 aliphatic carbocycles. The molecule has 0 spiro atoms. The van der Waals surface area contributed by atoms with Crippen molar-refractivity contribution < 1.29 is 19.8 Å². The SMILES string of the molecule is NC(=O)[C@@H](N)CO.O=CO. The summed E-state index contributed by atoms with van der Waals surface area (Å²) < 4.78 is 0. The zero-order chi connectivity index (χ0) is 8.57. The zero-order valence-corrected chi connectivity index (χ0v) is 5.23. The van der Waals surface area contributed by atoms with Crippen molar-refractivity contribution in [2.75, 3.05) is 6.61 Å². The van der Waals surface area contributed by atoms with Gasteiger partial charge in [0.05, 0.1) is 6.61 Å². The fourth-order valence-corrected chi connectivity index (χ4v) is 0.0900. The van der Waals surface area contributed by atoms with Gasteiger partial charge in [-0.2, -0.15) is 0 Å². The van der Waals surface area contributed by atoms with E-state index >= 15 is 0 Å². The third kappa shape index (κ3) is 9.97. The van der Waals surface area contributed by atoms with E-state index in [0.717, 1.165) is 0 Å². The van der Waals surface area contributed by atoms with Crippen LogP contribution in [0, 0.1) is 0 Å². The van der Waals surface area contributed by atoms with Gasteiger partial charge in [0.2, 0.25) is 5.91 Å². The fourth-order valence-electron chi connectivity index (χ4n) is 0.0900. The number of carboxylic acid groups (broad SMARTS) is 1. The minimum absolute atomic E-state index is 0.250. The van der Waals surface area contributed by atoms with Crippen LogP contribution in [0.2, 0.25) is 0 Å². The Bertz CT molecular complexity index is 105. The molecule has 60 valence electrons. The molecule has 0 fully saturated rings. The fraction of sp³-hybridized carbons (Fsp3) is 0.500. The molecule has 0 bridgehead atoms. The highest BCUT2D eigenvalue weighted by atomic mass is 16.3. The highest BCUT2D eigenvalue weighted by Crippen LogP contribution is 1.67. The molecule has 0 aromatic heterocycles. The predicted molar refractivity (Wildman–Crippen MR) is 32.9 cm³/mol. The first kappa shape index (κ1) is 11.6. The summed E-state index contributed by atoms with van der Waals surface area (Å²) in [6.45, 7) is -0.630. The van der Waals surface area contributed by atoms with Crippen molar-refractivity contribution >= 4 is 12.4 Å². The molecule has 0 aromatic rings. The molecule has 0 saturated heterocycles. The van der Waals surface area contributed by atoms with Crippen molar-refractivity contribution in [1.82, 2.24) is 0 Å². The van der Waals surface area contributed by atoms with E-state index in [1.165, 1.54) is 0 Å². The van der Waals surface area contributed by atoms with E-state index in [2.05, 4.69) is 5.73 Å². The molecule has 1 atom stereocenters. The van der Waals surface area contributed by atoms with Crippen LogP contribution >= 0.6 is 0 Å². The minimum atomic E-state index is -0.903. The normalized spacial score (nSPS) is 10.6. The van der Waals surface area contributed by atoms with Gasteiger partial charge in [0.15, 0.2) is 0 Å². The van der Waals surface area contributed by atoms with E-state index in [4.69, 9.17) is 20.7 Å². The monoisotopic (exact) mass is 150 g/mol. The largest absolute Gasteiger partial charge is 0.483 e. The summed E-state index contributed by atoms with van der Waals surface area (Å²) in [5.41, 5.74) is 9.51. The van der Waals surface area contributed by atoms with Crippen LogP contribution in [0.3, 0.4) is 0 Å². The van der Waals surface area contributed by atoms with E-state index in [9.17, 15) is 4.79 Å². The van der Waals surface area contributed by atoms with Crippen LogP contribution in [0.15, 0.2) is 0 Å². The molecule has 0 saturated carbocycles. The lowest BCUT2D eigenvalue weighted by atomic mass is 10.3. The highest BCUT2D eigenvalue weighted by Gasteiger charge is 2.04. The third-order valence-electron chi connectivity index (χ3n) is 0.562. The van der Waals surface area contributed by atoms with Gasteiger partial charge in [0.1, 0.15) is 6.04 Å². The smallest absolute Gasteiger partial charge is 0.290 e. The van der Waals surface area contributed by atoms with E-state index in [1.54, 1.807) is 0 Å². The molecule has 0 radical (unpaired) electrons. The van der Waals surface area contributed by atoms with Gasteiger partial charge in [-0.1, -0.05) is 0 Å². The lowest BCUT2D eigenvalue weighted by Gasteiger charge is -1.97. The van der Waals surface area contributed by atoms with Crippen molar-refractivity contribution in [3.8, 4) is 0 Å². The Labute approximate surface area is 57.4 Å². The van der Waals surface area contributed by atoms with Gasteiger partial charge in [-0.05, 0) is 0 Å². The molecule has 10 heavy (non-hydrogen) atoms.